The van der Waals surface area contributed by atoms with Gasteiger partial charge in [-0.05, 0) is 43.0 Å². The zero-order valence-corrected chi connectivity index (χ0v) is 17.8. The molecule has 3 N–H and O–H groups in total. The van der Waals surface area contributed by atoms with Crippen molar-refractivity contribution in [1.82, 2.24) is 0 Å². The first-order valence-electron chi connectivity index (χ1n) is 9.21. The van der Waals surface area contributed by atoms with Crippen molar-refractivity contribution in [2.45, 2.75) is 20.3 Å². The number of amides is 1. The van der Waals surface area contributed by atoms with E-state index in [4.69, 9.17) is 15.2 Å². The average molecular weight is 431 g/mol. The molecule has 152 valence electrons. The lowest BCUT2D eigenvalue weighted by Gasteiger charge is -2.11. The van der Waals surface area contributed by atoms with Crippen LogP contribution in [0.15, 0.2) is 41.1 Å². The van der Waals surface area contributed by atoms with E-state index in [0.29, 0.717) is 34.2 Å². The zero-order chi connectivity index (χ0) is 20.8. The Morgan fingerprint density at radius 1 is 1.17 bits per heavy atom. The summed E-state index contributed by atoms with van der Waals surface area (Å²) in [6.07, 6.45) is 0.864. The number of carbonyl (C=O) groups excluding carboxylic acids is 2. The number of rotatable bonds is 8. The minimum atomic E-state index is -0.463. The van der Waals surface area contributed by atoms with Crippen LogP contribution in [0.25, 0.3) is 10.4 Å². The van der Waals surface area contributed by atoms with Crippen LogP contribution in [-0.4, -0.2) is 25.1 Å². The number of hydrogen-bond donors (Lipinski definition) is 2. The summed E-state index contributed by atoms with van der Waals surface area (Å²) < 4.78 is 10.8. The SMILES string of the molecule is CCCOc1ccc(C(=O)Nc2scc(-c3cccs3)c2C(=O)OCC)cc1N. The minimum absolute atomic E-state index is 0.252. The number of thiophene rings is 2. The predicted octanol–water partition coefficient (Wildman–Crippen LogP) is 5.28. The Hall–Kier alpha value is -2.84. The van der Waals surface area contributed by atoms with Crippen LogP contribution >= 0.6 is 22.7 Å². The molecular formula is C21H22N2O4S2. The number of hydrogen-bond acceptors (Lipinski definition) is 7. The van der Waals surface area contributed by atoms with Gasteiger partial charge in [0.1, 0.15) is 16.3 Å². The highest BCUT2D eigenvalue weighted by atomic mass is 32.1. The minimum Gasteiger partial charge on any atom is -0.491 e. The molecule has 0 aliphatic heterocycles. The molecule has 0 atom stereocenters. The van der Waals surface area contributed by atoms with Gasteiger partial charge in [-0.3, -0.25) is 4.79 Å². The molecule has 0 fully saturated rings. The Balaban J connectivity index is 1.87. The summed E-state index contributed by atoms with van der Waals surface area (Å²) in [5.74, 6) is -0.272. The van der Waals surface area contributed by atoms with Crippen molar-refractivity contribution in [2.24, 2.45) is 0 Å². The topological polar surface area (TPSA) is 90.6 Å². The molecule has 1 amide bonds. The molecule has 6 nitrogen and oxygen atoms in total. The molecule has 0 spiro atoms. The number of nitrogens with two attached hydrogens (primary N) is 1. The number of benzene rings is 1. The number of nitrogen functional groups attached to an aromatic ring is 1. The van der Waals surface area contributed by atoms with Gasteiger partial charge < -0.3 is 20.5 Å². The third-order valence-electron chi connectivity index (χ3n) is 4.02. The number of esters is 1. The van der Waals surface area contributed by atoms with Gasteiger partial charge in [0.05, 0.1) is 18.9 Å². The van der Waals surface area contributed by atoms with Crippen molar-refractivity contribution in [3.8, 4) is 16.2 Å². The predicted molar refractivity (Wildman–Crippen MR) is 118 cm³/mol. The van der Waals surface area contributed by atoms with E-state index in [1.165, 1.54) is 22.7 Å². The van der Waals surface area contributed by atoms with Crippen molar-refractivity contribution in [2.75, 3.05) is 24.3 Å². The molecule has 0 aliphatic rings. The first-order chi connectivity index (χ1) is 14.0. The molecule has 3 aromatic rings. The molecule has 1 aromatic carbocycles. The maximum atomic E-state index is 12.8. The fourth-order valence-corrected chi connectivity index (χ4v) is 4.44. The Bertz CT molecular complexity index is 996. The van der Waals surface area contributed by atoms with Gasteiger partial charge in [0.25, 0.3) is 5.91 Å². The van der Waals surface area contributed by atoms with E-state index in [1.807, 2.05) is 29.8 Å². The van der Waals surface area contributed by atoms with E-state index in [2.05, 4.69) is 5.32 Å². The quantitative estimate of drug-likeness (QED) is 0.375. The molecule has 2 heterocycles. The van der Waals surface area contributed by atoms with E-state index in [1.54, 1.807) is 25.1 Å². The van der Waals surface area contributed by atoms with Crippen LogP contribution in [0.3, 0.4) is 0 Å². The van der Waals surface area contributed by atoms with Gasteiger partial charge in [-0.15, -0.1) is 22.7 Å². The van der Waals surface area contributed by atoms with Crippen LogP contribution in [0.5, 0.6) is 5.75 Å². The van der Waals surface area contributed by atoms with Gasteiger partial charge in [-0.25, -0.2) is 4.79 Å². The van der Waals surface area contributed by atoms with E-state index < -0.39 is 5.97 Å². The summed E-state index contributed by atoms with van der Waals surface area (Å²) in [5, 5.41) is 7.06. The smallest absolute Gasteiger partial charge is 0.341 e. The summed E-state index contributed by atoms with van der Waals surface area (Å²) in [5.41, 5.74) is 7.89. The van der Waals surface area contributed by atoms with E-state index in [-0.39, 0.29) is 12.5 Å². The molecule has 29 heavy (non-hydrogen) atoms. The number of ether oxygens (including phenoxy) is 2. The van der Waals surface area contributed by atoms with Crippen molar-refractivity contribution >= 4 is 45.2 Å². The van der Waals surface area contributed by atoms with Crippen LogP contribution in [0, 0.1) is 0 Å². The monoisotopic (exact) mass is 430 g/mol. The van der Waals surface area contributed by atoms with E-state index >= 15 is 0 Å². The third kappa shape index (κ3) is 4.78. The van der Waals surface area contributed by atoms with Crippen LogP contribution < -0.4 is 15.8 Å². The molecule has 8 heteroatoms. The Morgan fingerprint density at radius 3 is 2.66 bits per heavy atom. The lowest BCUT2D eigenvalue weighted by Crippen LogP contribution is -2.15. The van der Waals surface area contributed by atoms with Crippen molar-refractivity contribution in [3.63, 3.8) is 0 Å². The van der Waals surface area contributed by atoms with Crippen molar-refractivity contribution in [3.05, 3.63) is 52.2 Å². The molecular weight excluding hydrogens is 408 g/mol. The van der Waals surface area contributed by atoms with Crippen LogP contribution in [0.1, 0.15) is 41.0 Å². The van der Waals surface area contributed by atoms with Crippen molar-refractivity contribution < 1.29 is 19.1 Å². The van der Waals surface area contributed by atoms with Crippen LogP contribution in [-0.2, 0) is 4.74 Å². The maximum absolute atomic E-state index is 12.8. The molecule has 0 unspecified atom stereocenters. The van der Waals surface area contributed by atoms with Crippen molar-refractivity contribution in [1.29, 1.82) is 0 Å². The van der Waals surface area contributed by atoms with Gasteiger partial charge in [0, 0.05) is 21.4 Å². The van der Waals surface area contributed by atoms with E-state index in [9.17, 15) is 9.59 Å². The standard InChI is InChI=1S/C21H22N2O4S2/c1-3-9-27-16-8-7-13(11-15(16)22)19(24)23-20-18(21(25)26-4-2)14(12-29-20)17-6-5-10-28-17/h5-8,10-12H,3-4,9,22H2,1-2H3,(H,23,24). The summed E-state index contributed by atoms with van der Waals surface area (Å²) in [4.78, 5) is 26.3. The van der Waals surface area contributed by atoms with Gasteiger partial charge in [-0.1, -0.05) is 13.0 Å². The summed E-state index contributed by atoms with van der Waals surface area (Å²) >= 11 is 2.81. The molecule has 0 saturated heterocycles. The number of nitrogens with one attached hydrogen (secondary N) is 1. The summed E-state index contributed by atoms with van der Waals surface area (Å²) in [6.45, 7) is 4.56. The summed E-state index contributed by atoms with van der Waals surface area (Å²) in [6, 6.07) is 8.73. The molecule has 0 bridgehead atoms. The van der Waals surface area contributed by atoms with E-state index in [0.717, 1.165) is 16.9 Å². The number of anilines is 2. The highest BCUT2D eigenvalue weighted by molar-refractivity contribution is 7.17. The summed E-state index contributed by atoms with van der Waals surface area (Å²) in [7, 11) is 0. The fourth-order valence-electron chi connectivity index (χ4n) is 2.68. The lowest BCUT2D eigenvalue weighted by molar-refractivity contribution is 0.0529. The average Bonchev–Trinajstić information content (AvgIpc) is 3.36. The largest absolute Gasteiger partial charge is 0.491 e. The molecule has 0 aliphatic carbocycles. The zero-order valence-electron chi connectivity index (χ0n) is 16.2. The van der Waals surface area contributed by atoms with Crippen LogP contribution in [0.2, 0.25) is 0 Å². The van der Waals surface area contributed by atoms with Gasteiger partial charge in [0.15, 0.2) is 0 Å². The Kier molecular flexibility index (Phi) is 6.90. The molecule has 3 rings (SSSR count). The van der Waals surface area contributed by atoms with Crippen LogP contribution in [0.4, 0.5) is 10.7 Å². The molecule has 2 aromatic heterocycles. The second-order valence-corrected chi connectivity index (χ2v) is 7.93. The molecule has 0 radical (unpaired) electrons. The molecule has 0 saturated carbocycles. The third-order valence-corrected chi connectivity index (χ3v) is 5.82. The van der Waals surface area contributed by atoms with Gasteiger partial charge in [0.2, 0.25) is 0 Å². The van der Waals surface area contributed by atoms with Gasteiger partial charge in [-0.2, -0.15) is 0 Å². The fraction of sp³-hybridized carbons (Fsp3) is 0.238. The highest BCUT2D eigenvalue weighted by Crippen LogP contribution is 2.38. The second-order valence-electron chi connectivity index (χ2n) is 6.11. The first-order valence-corrected chi connectivity index (χ1v) is 11.0. The maximum Gasteiger partial charge on any atom is 0.341 e. The number of carbonyl (C=O) groups is 2. The Morgan fingerprint density at radius 2 is 2.00 bits per heavy atom. The normalized spacial score (nSPS) is 10.6. The second kappa shape index (κ2) is 9.58. The Labute approximate surface area is 177 Å². The lowest BCUT2D eigenvalue weighted by atomic mass is 10.1. The van der Waals surface area contributed by atoms with Gasteiger partial charge >= 0.3 is 5.97 Å². The first kappa shape index (κ1) is 20.9. The highest BCUT2D eigenvalue weighted by Gasteiger charge is 2.23.